The van der Waals surface area contributed by atoms with Crippen molar-refractivity contribution < 1.29 is 14.3 Å². The number of nitrogens with zero attached hydrogens (tertiary/aromatic N) is 2. The van der Waals surface area contributed by atoms with Gasteiger partial charge in [0.05, 0.1) is 5.56 Å². The second-order valence-corrected chi connectivity index (χ2v) is 10.3. The Kier molecular flexibility index (Phi) is 6.05. The number of hydrogen-bond donors (Lipinski definition) is 2. The predicted molar refractivity (Wildman–Crippen MR) is 137 cm³/mol. The van der Waals surface area contributed by atoms with Gasteiger partial charge in [-0.25, -0.2) is 4.98 Å². The first-order valence-corrected chi connectivity index (χ1v) is 12.3. The Bertz CT molecular complexity index is 1260. The van der Waals surface area contributed by atoms with E-state index in [4.69, 9.17) is 22.1 Å². The number of piperidine rings is 1. The first-order valence-electron chi connectivity index (χ1n) is 11.9. The molecule has 7 nitrogen and oxygen atoms in total. The lowest BCUT2D eigenvalue weighted by molar-refractivity contribution is -0.135. The van der Waals surface area contributed by atoms with Crippen LogP contribution in [0, 0.1) is 0 Å². The Balaban J connectivity index is 1.26. The lowest BCUT2D eigenvalue weighted by Gasteiger charge is -2.40. The molecule has 0 aliphatic carbocycles. The summed E-state index contributed by atoms with van der Waals surface area (Å²) in [6.45, 7) is 3.58. The SMILES string of the molecule is CC(C)(Oc1ccc(Cl)c2ccccc12)C(=O)NC1CC2CCC(C1)N2c1ccc(C(N)=O)cn1. The number of primary amides is 1. The molecule has 35 heavy (non-hydrogen) atoms. The molecular formula is C27H29ClN4O3. The molecule has 0 spiro atoms. The maximum Gasteiger partial charge on any atom is 0.263 e. The minimum Gasteiger partial charge on any atom is -0.477 e. The van der Waals surface area contributed by atoms with Crippen LogP contribution in [0.5, 0.6) is 5.75 Å². The Morgan fingerprint density at radius 1 is 1.06 bits per heavy atom. The third-order valence-electron chi connectivity index (χ3n) is 7.11. The summed E-state index contributed by atoms with van der Waals surface area (Å²) < 4.78 is 6.23. The number of rotatable bonds is 6. The number of aromatic nitrogens is 1. The largest absolute Gasteiger partial charge is 0.477 e. The third kappa shape index (κ3) is 4.52. The maximum absolute atomic E-state index is 13.3. The molecule has 5 rings (SSSR count). The van der Waals surface area contributed by atoms with Crippen LogP contribution in [-0.2, 0) is 4.79 Å². The Labute approximate surface area is 209 Å². The van der Waals surface area contributed by atoms with Crippen molar-refractivity contribution in [2.75, 3.05) is 4.90 Å². The molecule has 2 bridgehead atoms. The van der Waals surface area contributed by atoms with E-state index in [2.05, 4.69) is 15.2 Å². The quantitative estimate of drug-likeness (QED) is 0.529. The number of amides is 2. The van der Waals surface area contributed by atoms with Crippen LogP contribution >= 0.6 is 11.6 Å². The second kappa shape index (κ2) is 9.04. The van der Waals surface area contributed by atoms with Crippen molar-refractivity contribution in [1.29, 1.82) is 0 Å². The fraction of sp³-hybridized carbons (Fsp3) is 0.370. The molecule has 2 aliphatic rings. The van der Waals surface area contributed by atoms with E-state index in [1.54, 1.807) is 26.0 Å². The molecule has 2 atom stereocenters. The smallest absolute Gasteiger partial charge is 0.263 e. The highest BCUT2D eigenvalue weighted by molar-refractivity contribution is 6.35. The normalized spacial score (nSPS) is 21.7. The second-order valence-electron chi connectivity index (χ2n) is 9.91. The molecule has 0 radical (unpaired) electrons. The fourth-order valence-electron chi connectivity index (χ4n) is 5.36. The first-order chi connectivity index (χ1) is 16.7. The molecule has 0 saturated carbocycles. The average Bonchev–Trinajstić information content (AvgIpc) is 3.11. The van der Waals surface area contributed by atoms with Crippen molar-refractivity contribution in [3.63, 3.8) is 0 Å². The molecule has 2 saturated heterocycles. The summed E-state index contributed by atoms with van der Waals surface area (Å²) in [6.07, 6.45) is 5.30. The molecule has 3 heterocycles. The molecule has 2 aromatic carbocycles. The number of nitrogens with two attached hydrogens (primary N) is 1. The van der Waals surface area contributed by atoms with Gasteiger partial charge in [0.1, 0.15) is 11.6 Å². The Morgan fingerprint density at radius 3 is 2.37 bits per heavy atom. The molecule has 1 aromatic heterocycles. The summed E-state index contributed by atoms with van der Waals surface area (Å²) >= 11 is 6.34. The van der Waals surface area contributed by atoms with Gasteiger partial charge in [0, 0.05) is 40.1 Å². The van der Waals surface area contributed by atoms with Gasteiger partial charge in [-0.2, -0.15) is 0 Å². The van der Waals surface area contributed by atoms with E-state index < -0.39 is 11.5 Å². The average molecular weight is 493 g/mol. The van der Waals surface area contributed by atoms with Crippen LogP contribution in [0.1, 0.15) is 49.9 Å². The summed E-state index contributed by atoms with van der Waals surface area (Å²) in [4.78, 5) is 31.5. The van der Waals surface area contributed by atoms with E-state index in [0.29, 0.717) is 16.3 Å². The van der Waals surface area contributed by atoms with E-state index in [1.807, 2.05) is 36.4 Å². The van der Waals surface area contributed by atoms with E-state index in [0.717, 1.165) is 42.3 Å². The minimum atomic E-state index is -1.06. The van der Waals surface area contributed by atoms with Crippen LogP contribution in [0.25, 0.3) is 10.8 Å². The van der Waals surface area contributed by atoms with Crippen molar-refractivity contribution in [1.82, 2.24) is 10.3 Å². The van der Waals surface area contributed by atoms with Crippen LogP contribution < -0.4 is 20.7 Å². The van der Waals surface area contributed by atoms with Crippen molar-refractivity contribution in [3.05, 3.63) is 65.3 Å². The summed E-state index contributed by atoms with van der Waals surface area (Å²) in [5, 5.41) is 5.66. The van der Waals surface area contributed by atoms with Gasteiger partial charge in [-0.05, 0) is 63.8 Å². The number of anilines is 1. The molecule has 2 aliphatic heterocycles. The van der Waals surface area contributed by atoms with Gasteiger partial charge in [-0.1, -0.05) is 35.9 Å². The standard InChI is InChI=1S/C27H29ClN4O3/c1-27(2,35-23-11-10-22(28)20-5-3-4-6-21(20)23)26(34)31-17-13-18-8-9-19(14-17)32(18)24-12-7-16(15-30-24)25(29)33/h3-7,10-12,15,17-19H,8-9,13-14H2,1-2H3,(H2,29,33)(H,31,34). The zero-order valence-corrected chi connectivity index (χ0v) is 20.6. The minimum absolute atomic E-state index is 0.0611. The first kappa shape index (κ1) is 23.4. The van der Waals surface area contributed by atoms with Gasteiger partial charge in [0.15, 0.2) is 5.60 Å². The number of hydrogen-bond acceptors (Lipinski definition) is 5. The molecule has 3 aromatic rings. The van der Waals surface area contributed by atoms with Crippen LogP contribution in [0.3, 0.4) is 0 Å². The van der Waals surface area contributed by atoms with Gasteiger partial charge < -0.3 is 20.7 Å². The van der Waals surface area contributed by atoms with Gasteiger partial charge in [0.25, 0.3) is 5.91 Å². The van der Waals surface area contributed by atoms with Crippen LogP contribution in [0.4, 0.5) is 5.82 Å². The molecular weight excluding hydrogens is 464 g/mol. The monoisotopic (exact) mass is 492 g/mol. The molecule has 8 heteroatoms. The maximum atomic E-state index is 13.3. The lowest BCUT2D eigenvalue weighted by Crippen LogP contribution is -2.55. The highest BCUT2D eigenvalue weighted by atomic mass is 35.5. The number of fused-ring (bicyclic) bond motifs is 3. The Morgan fingerprint density at radius 2 is 1.74 bits per heavy atom. The molecule has 2 fully saturated rings. The van der Waals surface area contributed by atoms with Gasteiger partial charge in [-0.15, -0.1) is 0 Å². The summed E-state index contributed by atoms with van der Waals surface area (Å²) in [5.41, 5.74) is 4.69. The highest BCUT2D eigenvalue weighted by Gasteiger charge is 2.43. The number of ether oxygens (including phenoxy) is 1. The van der Waals surface area contributed by atoms with Crippen LogP contribution in [0.2, 0.25) is 5.02 Å². The Hall–Kier alpha value is -3.32. The molecule has 3 N–H and O–H groups in total. The van der Waals surface area contributed by atoms with E-state index >= 15 is 0 Å². The number of carbonyl (C=O) groups is 2. The lowest BCUT2D eigenvalue weighted by atomic mass is 9.96. The fourth-order valence-corrected chi connectivity index (χ4v) is 5.59. The van der Waals surface area contributed by atoms with Crippen LogP contribution in [-0.4, -0.2) is 40.5 Å². The zero-order chi connectivity index (χ0) is 24.7. The number of halogens is 1. The van der Waals surface area contributed by atoms with E-state index in [9.17, 15) is 9.59 Å². The topological polar surface area (TPSA) is 97.5 Å². The van der Waals surface area contributed by atoms with Gasteiger partial charge >= 0.3 is 0 Å². The summed E-state index contributed by atoms with van der Waals surface area (Å²) in [5.74, 6) is 0.860. The number of pyridine rings is 1. The van der Waals surface area contributed by atoms with Crippen molar-refractivity contribution in [2.24, 2.45) is 5.73 Å². The molecule has 182 valence electrons. The van der Waals surface area contributed by atoms with Crippen molar-refractivity contribution in [3.8, 4) is 5.75 Å². The van der Waals surface area contributed by atoms with Gasteiger partial charge in [-0.3, -0.25) is 9.59 Å². The third-order valence-corrected chi connectivity index (χ3v) is 7.44. The van der Waals surface area contributed by atoms with Crippen molar-refractivity contribution in [2.45, 2.75) is 63.3 Å². The van der Waals surface area contributed by atoms with Gasteiger partial charge in [0.2, 0.25) is 5.91 Å². The summed E-state index contributed by atoms with van der Waals surface area (Å²) in [6, 6.07) is 15.6. The van der Waals surface area contributed by atoms with Crippen LogP contribution in [0.15, 0.2) is 54.7 Å². The van der Waals surface area contributed by atoms with Crippen molar-refractivity contribution >= 4 is 40.0 Å². The number of carbonyl (C=O) groups excluding carboxylic acids is 2. The zero-order valence-electron chi connectivity index (χ0n) is 19.8. The van der Waals surface area contributed by atoms with E-state index in [1.165, 1.54) is 6.20 Å². The highest BCUT2D eigenvalue weighted by Crippen LogP contribution is 2.39. The molecule has 2 amide bonds. The molecule has 2 unspecified atom stereocenters. The predicted octanol–water partition coefficient (Wildman–Crippen LogP) is 4.46. The number of benzene rings is 2. The summed E-state index contributed by atoms with van der Waals surface area (Å²) in [7, 11) is 0. The number of nitrogens with one attached hydrogen (secondary N) is 1. The van der Waals surface area contributed by atoms with E-state index in [-0.39, 0.29) is 24.0 Å².